The van der Waals surface area contributed by atoms with Gasteiger partial charge in [0.25, 0.3) is 5.56 Å². The van der Waals surface area contributed by atoms with Crippen molar-refractivity contribution in [1.82, 2.24) is 29.3 Å². The average Bonchev–Trinajstić information content (AvgIpc) is 3.25. The molecule has 0 bridgehead atoms. The maximum absolute atomic E-state index is 13.6. The van der Waals surface area contributed by atoms with Gasteiger partial charge < -0.3 is 10.5 Å². The number of benzene rings is 2. The Morgan fingerprint density at radius 3 is 2.71 bits per heavy atom. The summed E-state index contributed by atoms with van der Waals surface area (Å²) in [5.74, 6) is 1.72. The quantitative estimate of drug-likeness (QED) is 0.413. The molecular weight excluding hydrogens is 442 g/mol. The van der Waals surface area contributed by atoms with E-state index in [1.165, 1.54) is 6.33 Å². The first-order chi connectivity index (χ1) is 17.1. The molecule has 9 nitrogen and oxygen atoms in total. The van der Waals surface area contributed by atoms with Gasteiger partial charge in [-0.05, 0) is 50.5 Å². The number of nitrogens with zero attached hydrogens (tertiary/aromatic N) is 6. The van der Waals surface area contributed by atoms with Crippen molar-refractivity contribution in [3.8, 4) is 17.0 Å². The Labute approximate surface area is 201 Å². The van der Waals surface area contributed by atoms with Gasteiger partial charge in [-0.2, -0.15) is 5.10 Å². The molecule has 2 N–H and O–H groups in total. The first kappa shape index (κ1) is 21.3. The Morgan fingerprint density at radius 2 is 1.94 bits per heavy atom. The summed E-state index contributed by atoms with van der Waals surface area (Å²) >= 11 is 0. The lowest BCUT2D eigenvalue weighted by atomic mass is 9.92. The minimum Gasteiger partial charge on any atom is -0.497 e. The van der Waals surface area contributed by atoms with Crippen molar-refractivity contribution in [2.24, 2.45) is 0 Å². The largest absolute Gasteiger partial charge is 0.497 e. The molecule has 0 radical (unpaired) electrons. The third-order valence-electron chi connectivity index (χ3n) is 6.88. The average molecular weight is 468 g/mol. The van der Waals surface area contributed by atoms with Gasteiger partial charge in [-0.25, -0.2) is 19.6 Å². The summed E-state index contributed by atoms with van der Waals surface area (Å²) in [6.45, 7) is 1.99. The van der Waals surface area contributed by atoms with Crippen LogP contribution in [-0.4, -0.2) is 36.4 Å². The van der Waals surface area contributed by atoms with Crippen molar-refractivity contribution in [2.75, 3.05) is 12.8 Å². The number of nitrogens with two attached hydrogens (primary N) is 1. The van der Waals surface area contributed by atoms with E-state index in [0.29, 0.717) is 45.0 Å². The van der Waals surface area contributed by atoms with Crippen LogP contribution < -0.4 is 16.0 Å². The number of anilines is 1. The lowest BCUT2D eigenvalue weighted by molar-refractivity contribution is 0.288. The molecule has 1 saturated carbocycles. The number of fused-ring (bicyclic) bond motifs is 2. The van der Waals surface area contributed by atoms with Crippen molar-refractivity contribution in [1.29, 1.82) is 0 Å². The van der Waals surface area contributed by atoms with Crippen LogP contribution in [0.3, 0.4) is 0 Å². The second kappa shape index (κ2) is 8.19. The molecule has 2 aromatic carbocycles. The molecule has 0 saturated heterocycles. The third kappa shape index (κ3) is 3.34. The fraction of sp³-hybridized carbons (Fsp3) is 0.269. The summed E-state index contributed by atoms with van der Waals surface area (Å²) in [5, 5.41) is 6.24. The van der Waals surface area contributed by atoms with E-state index in [0.717, 1.165) is 24.8 Å². The van der Waals surface area contributed by atoms with Gasteiger partial charge in [0, 0.05) is 11.6 Å². The lowest BCUT2D eigenvalue weighted by Crippen LogP contribution is -2.34. The highest BCUT2D eigenvalue weighted by molar-refractivity contribution is 5.98. The molecule has 176 valence electrons. The van der Waals surface area contributed by atoms with Crippen LogP contribution in [0, 0.1) is 0 Å². The van der Waals surface area contributed by atoms with E-state index < -0.39 is 0 Å². The molecule has 1 fully saturated rings. The molecule has 0 aliphatic heterocycles. The van der Waals surface area contributed by atoms with Crippen LogP contribution in [0.1, 0.15) is 44.1 Å². The topological polar surface area (TPSA) is 114 Å². The lowest BCUT2D eigenvalue weighted by Gasteiger charge is -2.31. The number of para-hydroxylation sites is 1. The summed E-state index contributed by atoms with van der Waals surface area (Å²) < 4.78 is 9.07. The molecule has 5 aromatic rings. The predicted molar refractivity (Wildman–Crippen MR) is 134 cm³/mol. The molecule has 35 heavy (non-hydrogen) atoms. The van der Waals surface area contributed by atoms with E-state index in [-0.39, 0.29) is 17.6 Å². The molecule has 1 atom stereocenters. The van der Waals surface area contributed by atoms with Crippen molar-refractivity contribution in [2.45, 2.75) is 38.3 Å². The molecule has 9 heteroatoms. The molecular formula is C26H25N7O2. The molecule has 1 aliphatic rings. The number of nitrogen functional groups attached to an aromatic ring is 1. The maximum atomic E-state index is 13.6. The van der Waals surface area contributed by atoms with Crippen molar-refractivity contribution >= 4 is 27.8 Å². The maximum Gasteiger partial charge on any atom is 0.261 e. The van der Waals surface area contributed by atoms with Gasteiger partial charge in [-0.1, -0.05) is 24.3 Å². The molecule has 1 unspecified atom stereocenters. The summed E-state index contributed by atoms with van der Waals surface area (Å²) in [7, 11) is 1.63. The summed E-state index contributed by atoms with van der Waals surface area (Å²) in [4.78, 5) is 27.3. The minimum absolute atomic E-state index is 0.0132. The Hall–Kier alpha value is -4.27. The second-order valence-corrected chi connectivity index (χ2v) is 8.91. The number of rotatable bonds is 5. The monoisotopic (exact) mass is 467 g/mol. The van der Waals surface area contributed by atoms with E-state index in [9.17, 15) is 4.79 Å². The third-order valence-corrected chi connectivity index (χ3v) is 6.88. The Morgan fingerprint density at radius 1 is 1.11 bits per heavy atom. The van der Waals surface area contributed by atoms with Crippen molar-refractivity contribution < 1.29 is 4.74 Å². The minimum atomic E-state index is -0.371. The van der Waals surface area contributed by atoms with E-state index in [1.807, 2.05) is 60.0 Å². The Balaban J connectivity index is 1.59. The SMILES string of the molecule is COc1cccc(-c2nn(C(C)c3nc4ccccc4c(=O)n3C3CCC3)c3ncnc(N)c23)c1. The number of ether oxygens (including phenoxy) is 1. The van der Waals surface area contributed by atoms with Crippen LogP contribution in [0.2, 0.25) is 0 Å². The Kier molecular flexibility index (Phi) is 4.98. The van der Waals surface area contributed by atoms with Crippen LogP contribution >= 0.6 is 0 Å². The second-order valence-electron chi connectivity index (χ2n) is 8.91. The smallest absolute Gasteiger partial charge is 0.261 e. The molecule has 3 heterocycles. The predicted octanol–water partition coefficient (Wildman–Crippen LogP) is 4.13. The van der Waals surface area contributed by atoms with Crippen LogP contribution in [-0.2, 0) is 0 Å². The number of hydrogen-bond acceptors (Lipinski definition) is 7. The highest BCUT2D eigenvalue weighted by Crippen LogP contribution is 2.36. The van der Waals surface area contributed by atoms with Gasteiger partial charge in [0.15, 0.2) is 5.65 Å². The fourth-order valence-corrected chi connectivity index (χ4v) is 4.80. The van der Waals surface area contributed by atoms with Gasteiger partial charge in [0.2, 0.25) is 0 Å². The van der Waals surface area contributed by atoms with Crippen molar-refractivity contribution in [3.05, 3.63) is 71.0 Å². The number of aromatic nitrogens is 6. The first-order valence-electron chi connectivity index (χ1n) is 11.7. The zero-order chi connectivity index (χ0) is 24.1. The van der Waals surface area contributed by atoms with Gasteiger partial charge in [-0.3, -0.25) is 9.36 Å². The van der Waals surface area contributed by atoms with Crippen LogP contribution in [0.4, 0.5) is 5.82 Å². The zero-order valence-electron chi connectivity index (χ0n) is 19.5. The van der Waals surface area contributed by atoms with Gasteiger partial charge in [0.05, 0.1) is 23.4 Å². The number of methoxy groups -OCH3 is 1. The van der Waals surface area contributed by atoms with Crippen molar-refractivity contribution in [3.63, 3.8) is 0 Å². The van der Waals surface area contributed by atoms with E-state index in [1.54, 1.807) is 11.8 Å². The van der Waals surface area contributed by atoms with Gasteiger partial charge in [0.1, 0.15) is 35.5 Å². The van der Waals surface area contributed by atoms with E-state index in [2.05, 4.69) is 9.97 Å². The summed E-state index contributed by atoms with van der Waals surface area (Å²) in [5.41, 5.74) is 9.06. The van der Waals surface area contributed by atoms with Gasteiger partial charge in [-0.15, -0.1) is 0 Å². The highest BCUT2D eigenvalue weighted by atomic mass is 16.5. The normalized spacial score (nSPS) is 14.8. The molecule has 6 rings (SSSR count). The van der Waals surface area contributed by atoms with Crippen LogP contribution in [0.15, 0.2) is 59.7 Å². The molecule has 3 aromatic heterocycles. The molecule has 0 spiro atoms. The molecule has 0 amide bonds. The first-order valence-corrected chi connectivity index (χ1v) is 11.7. The Bertz CT molecular complexity index is 1630. The number of hydrogen-bond donors (Lipinski definition) is 1. The van der Waals surface area contributed by atoms with Crippen LogP contribution in [0.25, 0.3) is 33.2 Å². The van der Waals surface area contributed by atoms with E-state index in [4.69, 9.17) is 20.6 Å². The highest BCUT2D eigenvalue weighted by Gasteiger charge is 2.29. The summed E-state index contributed by atoms with van der Waals surface area (Å²) in [6, 6.07) is 14.9. The fourth-order valence-electron chi connectivity index (χ4n) is 4.80. The zero-order valence-corrected chi connectivity index (χ0v) is 19.5. The van der Waals surface area contributed by atoms with Crippen LogP contribution in [0.5, 0.6) is 5.75 Å². The van der Waals surface area contributed by atoms with E-state index >= 15 is 0 Å². The molecule has 1 aliphatic carbocycles. The van der Waals surface area contributed by atoms with Gasteiger partial charge >= 0.3 is 0 Å². The summed E-state index contributed by atoms with van der Waals surface area (Å²) in [6.07, 6.45) is 4.46. The standard InChI is InChI=1S/C26H25N7O2/c1-15(24-30-20-12-4-3-11-19(20)26(34)32(24)17-8-6-9-17)33-25-21(23(27)28-14-29-25)22(31-33)16-7-5-10-18(13-16)35-2/h3-5,7,10-15,17H,6,8-9H2,1-2H3,(H2,27,28,29).